The van der Waals surface area contributed by atoms with Crippen molar-refractivity contribution in [2.75, 3.05) is 0 Å². The van der Waals surface area contributed by atoms with E-state index in [0.717, 1.165) is 5.75 Å². The first-order valence-electron chi connectivity index (χ1n) is 7.54. The van der Waals surface area contributed by atoms with Crippen LogP contribution in [0.3, 0.4) is 0 Å². The highest BCUT2D eigenvalue weighted by molar-refractivity contribution is 6.70. The number of hydrogen-bond acceptors (Lipinski definition) is 3. The molecule has 0 amide bonds. The molecule has 4 heteroatoms. The summed E-state index contributed by atoms with van der Waals surface area (Å²) in [6.45, 7) is 8.45. The van der Waals surface area contributed by atoms with Gasteiger partial charge < -0.3 is 9.47 Å². The van der Waals surface area contributed by atoms with E-state index < -0.39 is 0 Å². The van der Waals surface area contributed by atoms with Gasteiger partial charge in [-0.05, 0) is 44.2 Å². The van der Waals surface area contributed by atoms with E-state index in [1.54, 1.807) is 18.2 Å². The van der Waals surface area contributed by atoms with Gasteiger partial charge in [-0.15, -0.1) is 0 Å². The zero-order valence-electron chi connectivity index (χ0n) is 13.5. The van der Waals surface area contributed by atoms with E-state index in [2.05, 4.69) is 25.8 Å². The molecule has 0 saturated carbocycles. The van der Waals surface area contributed by atoms with Crippen LogP contribution in [0, 0.1) is 0 Å². The van der Waals surface area contributed by atoms with E-state index in [1.807, 2.05) is 32.0 Å². The number of rotatable bonds is 5. The topological polar surface area (TPSA) is 35.5 Å². The van der Waals surface area contributed by atoms with Crippen LogP contribution in [0.1, 0.15) is 31.6 Å². The molecule has 2 aromatic carbocycles. The molecule has 122 valence electrons. The standard InChI is InChI=1S/C18H21BO3.CH4/c1-13(2)21-18(20)14-6-5-7-17(12-14)22-16-10-8-15(9-11-16)19(3)4;/h5-13H,1-4H3;1H4. The van der Waals surface area contributed by atoms with Gasteiger partial charge in [0, 0.05) is 0 Å². The fraction of sp³-hybridized carbons (Fsp3) is 0.316. The van der Waals surface area contributed by atoms with Crippen molar-refractivity contribution < 1.29 is 14.3 Å². The molecule has 0 aliphatic carbocycles. The number of ether oxygens (including phenoxy) is 2. The summed E-state index contributed by atoms with van der Waals surface area (Å²) in [5.41, 5.74) is 1.76. The van der Waals surface area contributed by atoms with Crippen LogP contribution in [-0.4, -0.2) is 18.8 Å². The molecule has 2 rings (SSSR count). The van der Waals surface area contributed by atoms with Crippen molar-refractivity contribution >= 4 is 18.1 Å². The van der Waals surface area contributed by atoms with E-state index in [0.29, 0.717) is 18.0 Å². The van der Waals surface area contributed by atoms with Gasteiger partial charge in [0.2, 0.25) is 0 Å². The van der Waals surface area contributed by atoms with Gasteiger partial charge in [-0.25, -0.2) is 4.79 Å². The molecule has 0 saturated heterocycles. The van der Waals surface area contributed by atoms with Gasteiger partial charge in [0.15, 0.2) is 6.71 Å². The van der Waals surface area contributed by atoms with Crippen molar-refractivity contribution in [3.63, 3.8) is 0 Å². The maximum atomic E-state index is 11.9. The number of hydrogen-bond donors (Lipinski definition) is 0. The first-order chi connectivity index (χ1) is 10.5. The summed E-state index contributed by atoms with van der Waals surface area (Å²) in [4.78, 5) is 11.9. The Bertz CT molecular complexity index is 633. The summed E-state index contributed by atoms with van der Waals surface area (Å²) in [5, 5.41) is 0. The zero-order valence-corrected chi connectivity index (χ0v) is 13.5. The van der Waals surface area contributed by atoms with Crippen LogP contribution in [0.4, 0.5) is 0 Å². The van der Waals surface area contributed by atoms with Gasteiger partial charge in [-0.3, -0.25) is 0 Å². The fourth-order valence-electron chi connectivity index (χ4n) is 2.03. The predicted octanol–water partition coefficient (Wildman–Crippen LogP) is 4.64. The highest BCUT2D eigenvalue weighted by atomic mass is 16.5. The Labute approximate surface area is 139 Å². The van der Waals surface area contributed by atoms with Crippen molar-refractivity contribution in [2.45, 2.75) is 41.0 Å². The predicted molar refractivity (Wildman–Crippen MR) is 97.4 cm³/mol. The second-order valence-electron chi connectivity index (χ2n) is 5.81. The van der Waals surface area contributed by atoms with Gasteiger partial charge in [-0.2, -0.15) is 0 Å². The molecule has 3 nitrogen and oxygen atoms in total. The Kier molecular flexibility index (Phi) is 6.89. The average Bonchev–Trinajstić information content (AvgIpc) is 2.47. The maximum Gasteiger partial charge on any atom is 0.338 e. The van der Waals surface area contributed by atoms with E-state index in [4.69, 9.17) is 9.47 Å². The Balaban J connectivity index is 0.00000264. The quantitative estimate of drug-likeness (QED) is 0.596. The van der Waals surface area contributed by atoms with Crippen molar-refractivity contribution in [1.29, 1.82) is 0 Å². The van der Waals surface area contributed by atoms with Gasteiger partial charge in [-0.1, -0.05) is 44.7 Å². The minimum atomic E-state index is -0.337. The van der Waals surface area contributed by atoms with Crippen molar-refractivity contribution in [3.8, 4) is 11.5 Å². The lowest BCUT2D eigenvalue weighted by atomic mass is 9.49. The van der Waals surface area contributed by atoms with Gasteiger partial charge >= 0.3 is 5.97 Å². The average molecular weight is 312 g/mol. The summed E-state index contributed by atoms with van der Waals surface area (Å²) < 4.78 is 11.0. The monoisotopic (exact) mass is 312 g/mol. The minimum absolute atomic E-state index is 0. The van der Waals surface area contributed by atoms with Crippen molar-refractivity contribution in [3.05, 3.63) is 54.1 Å². The Hall–Kier alpha value is -2.23. The SMILES string of the molecule is C.CB(C)c1ccc(Oc2cccc(C(=O)OC(C)C)c2)cc1. The summed E-state index contributed by atoms with van der Waals surface area (Å²) in [6, 6.07) is 15.0. The van der Waals surface area contributed by atoms with E-state index >= 15 is 0 Å². The van der Waals surface area contributed by atoms with Crippen molar-refractivity contribution in [1.82, 2.24) is 0 Å². The molecule has 0 heterocycles. The summed E-state index contributed by atoms with van der Waals surface area (Å²) in [5.74, 6) is 1.03. The molecule has 0 spiro atoms. The van der Waals surface area contributed by atoms with Crippen LogP contribution in [0.5, 0.6) is 11.5 Å². The molecule has 0 aliphatic rings. The summed E-state index contributed by atoms with van der Waals surface area (Å²) in [6.07, 6.45) is -0.138. The Morgan fingerprint density at radius 1 is 1.00 bits per heavy atom. The number of carbonyl (C=O) groups is 1. The lowest BCUT2D eigenvalue weighted by Gasteiger charge is -2.10. The van der Waals surface area contributed by atoms with Gasteiger partial charge in [0.1, 0.15) is 11.5 Å². The van der Waals surface area contributed by atoms with Crippen LogP contribution >= 0.6 is 0 Å². The van der Waals surface area contributed by atoms with Gasteiger partial charge in [0.25, 0.3) is 0 Å². The third-order valence-electron chi connectivity index (χ3n) is 3.19. The highest BCUT2D eigenvalue weighted by Gasteiger charge is 2.10. The second kappa shape index (κ2) is 8.42. The lowest BCUT2D eigenvalue weighted by molar-refractivity contribution is 0.0377. The smallest absolute Gasteiger partial charge is 0.338 e. The molecule has 0 atom stereocenters. The largest absolute Gasteiger partial charge is 0.459 e. The molecule has 0 N–H and O–H groups in total. The van der Waals surface area contributed by atoms with E-state index in [9.17, 15) is 4.79 Å². The maximum absolute atomic E-state index is 11.9. The Morgan fingerprint density at radius 2 is 1.65 bits per heavy atom. The molecular weight excluding hydrogens is 287 g/mol. The molecule has 0 unspecified atom stereocenters. The fourth-order valence-corrected chi connectivity index (χ4v) is 2.03. The first kappa shape index (κ1) is 18.8. The van der Waals surface area contributed by atoms with Crippen LogP contribution in [0.15, 0.2) is 48.5 Å². The van der Waals surface area contributed by atoms with Crippen molar-refractivity contribution in [2.24, 2.45) is 0 Å². The van der Waals surface area contributed by atoms with Gasteiger partial charge in [0.05, 0.1) is 11.7 Å². The van der Waals surface area contributed by atoms with Crippen LogP contribution < -0.4 is 10.2 Å². The van der Waals surface area contributed by atoms with Crippen LogP contribution in [0.25, 0.3) is 0 Å². The zero-order chi connectivity index (χ0) is 16.1. The first-order valence-corrected chi connectivity index (χ1v) is 7.54. The second-order valence-corrected chi connectivity index (χ2v) is 5.81. The number of carbonyl (C=O) groups excluding carboxylic acids is 1. The molecule has 0 bridgehead atoms. The summed E-state index contributed by atoms with van der Waals surface area (Å²) >= 11 is 0. The normalized spacial score (nSPS) is 9.96. The lowest BCUT2D eigenvalue weighted by Crippen LogP contribution is -2.21. The third-order valence-corrected chi connectivity index (χ3v) is 3.19. The number of esters is 1. The molecule has 2 aromatic rings. The molecule has 0 radical (unpaired) electrons. The van der Waals surface area contributed by atoms with E-state index in [1.165, 1.54) is 5.46 Å². The molecule has 0 aromatic heterocycles. The molecular formula is C19H25BO3. The number of benzene rings is 2. The highest BCUT2D eigenvalue weighted by Crippen LogP contribution is 2.22. The van der Waals surface area contributed by atoms with Crippen LogP contribution in [0.2, 0.25) is 13.6 Å². The van der Waals surface area contributed by atoms with E-state index in [-0.39, 0.29) is 19.5 Å². The molecule has 0 fully saturated rings. The molecule has 23 heavy (non-hydrogen) atoms. The summed E-state index contributed by atoms with van der Waals surface area (Å²) in [7, 11) is 0. The minimum Gasteiger partial charge on any atom is -0.459 e. The molecule has 0 aliphatic heterocycles. The third kappa shape index (κ3) is 5.48. The van der Waals surface area contributed by atoms with Crippen LogP contribution in [-0.2, 0) is 4.74 Å². The Morgan fingerprint density at radius 3 is 2.22 bits per heavy atom.